The Morgan fingerprint density at radius 3 is 2.59 bits per heavy atom. The van der Waals surface area contributed by atoms with Crippen molar-refractivity contribution >= 4 is 49.7 Å². The summed E-state index contributed by atoms with van der Waals surface area (Å²) in [6.07, 6.45) is 5.14. The summed E-state index contributed by atoms with van der Waals surface area (Å²) in [5.41, 5.74) is 2.08. The highest BCUT2D eigenvalue weighted by atomic mass is 79.9. The van der Waals surface area contributed by atoms with Crippen LogP contribution in [0.3, 0.4) is 0 Å². The van der Waals surface area contributed by atoms with Gasteiger partial charge >= 0.3 is 5.97 Å². The normalized spacial score (nSPS) is 14.7. The molecule has 0 spiro atoms. The minimum atomic E-state index is -0.394. The first-order valence-corrected chi connectivity index (χ1v) is 9.63. The van der Waals surface area contributed by atoms with Crippen LogP contribution in [-0.4, -0.2) is 19.7 Å². The zero-order valence-electron chi connectivity index (χ0n) is 14.5. The molecule has 0 saturated heterocycles. The highest BCUT2D eigenvalue weighted by Crippen LogP contribution is 2.38. The third-order valence-electron chi connectivity index (χ3n) is 3.77. The molecule has 0 N–H and O–H groups in total. The number of hydrogen-bond acceptors (Lipinski definition) is 4. The van der Waals surface area contributed by atoms with Crippen LogP contribution in [0, 0.1) is 0 Å². The van der Waals surface area contributed by atoms with Crippen LogP contribution in [0.1, 0.15) is 11.1 Å². The number of cyclic esters (lactones) is 1. The highest BCUT2D eigenvalue weighted by Gasteiger charge is 2.22. The van der Waals surface area contributed by atoms with E-state index in [-0.39, 0.29) is 0 Å². The van der Waals surface area contributed by atoms with Crippen molar-refractivity contribution in [1.82, 2.24) is 0 Å². The number of methoxy groups -OCH3 is 1. The minimum Gasteiger partial charge on any atom is -0.493 e. The zero-order chi connectivity index (χ0) is 19.4. The SMILES string of the molecule is C=CCOc1c(Br)cc(/C=C2\C=C(c3ccc(Br)cc3)OC2=O)cc1OC. The van der Waals surface area contributed by atoms with Crippen LogP contribution in [0.4, 0.5) is 0 Å². The Hall–Kier alpha value is -2.31. The van der Waals surface area contributed by atoms with Crippen molar-refractivity contribution in [3.8, 4) is 11.5 Å². The lowest BCUT2D eigenvalue weighted by Crippen LogP contribution is -1.99. The van der Waals surface area contributed by atoms with E-state index in [9.17, 15) is 4.79 Å². The summed E-state index contributed by atoms with van der Waals surface area (Å²) in [4.78, 5) is 12.2. The predicted octanol–water partition coefficient (Wildman–Crippen LogP) is 5.77. The lowest BCUT2D eigenvalue weighted by molar-refractivity contribution is -0.130. The first-order valence-electron chi connectivity index (χ1n) is 8.04. The summed E-state index contributed by atoms with van der Waals surface area (Å²) in [7, 11) is 1.56. The van der Waals surface area contributed by atoms with E-state index in [1.807, 2.05) is 30.3 Å². The fraction of sp³-hybridized carbons (Fsp3) is 0.0952. The maximum absolute atomic E-state index is 12.2. The topological polar surface area (TPSA) is 44.8 Å². The van der Waals surface area contributed by atoms with Crippen LogP contribution in [-0.2, 0) is 9.53 Å². The van der Waals surface area contributed by atoms with Gasteiger partial charge in [0.25, 0.3) is 0 Å². The smallest absolute Gasteiger partial charge is 0.343 e. The Kier molecular flexibility index (Phi) is 6.19. The highest BCUT2D eigenvalue weighted by molar-refractivity contribution is 9.10. The van der Waals surface area contributed by atoms with Crippen LogP contribution in [0.5, 0.6) is 11.5 Å². The third kappa shape index (κ3) is 4.51. The standard InChI is InChI=1S/C21H16Br2O4/c1-3-8-26-20-17(23)10-13(11-19(20)25-2)9-15-12-18(27-21(15)24)14-4-6-16(22)7-5-14/h3-7,9-12H,1,8H2,2H3/b15-9+. The predicted molar refractivity (Wildman–Crippen MR) is 113 cm³/mol. The number of rotatable bonds is 6. The minimum absolute atomic E-state index is 0.362. The second kappa shape index (κ2) is 8.59. The molecule has 2 aromatic carbocycles. The van der Waals surface area contributed by atoms with E-state index in [0.717, 1.165) is 20.1 Å². The second-order valence-corrected chi connectivity index (χ2v) is 7.41. The molecular formula is C21H16Br2O4. The average molecular weight is 492 g/mol. The van der Waals surface area contributed by atoms with Crippen LogP contribution >= 0.6 is 31.9 Å². The summed E-state index contributed by atoms with van der Waals surface area (Å²) in [6.45, 7) is 4.00. The molecule has 0 unspecified atom stereocenters. The van der Waals surface area contributed by atoms with E-state index >= 15 is 0 Å². The van der Waals surface area contributed by atoms with Crippen molar-refractivity contribution in [2.75, 3.05) is 13.7 Å². The van der Waals surface area contributed by atoms with Gasteiger partial charge in [-0.05, 0) is 57.9 Å². The Balaban J connectivity index is 1.93. The van der Waals surface area contributed by atoms with Crippen LogP contribution < -0.4 is 9.47 Å². The quantitative estimate of drug-likeness (QED) is 0.292. The van der Waals surface area contributed by atoms with Crippen molar-refractivity contribution in [1.29, 1.82) is 0 Å². The molecule has 27 heavy (non-hydrogen) atoms. The number of carbonyl (C=O) groups is 1. The molecule has 6 heteroatoms. The largest absolute Gasteiger partial charge is 0.493 e. The van der Waals surface area contributed by atoms with E-state index in [1.165, 1.54) is 0 Å². The van der Waals surface area contributed by atoms with Gasteiger partial charge in [-0.15, -0.1) is 0 Å². The Morgan fingerprint density at radius 2 is 1.93 bits per heavy atom. The molecule has 0 atom stereocenters. The molecule has 0 aromatic heterocycles. The molecule has 1 aliphatic heterocycles. The van der Waals surface area contributed by atoms with Crippen LogP contribution in [0.2, 0.25) is 0 Å². The second-order valence-electron chi connectivity index (χ2n) is 5.64. The van der Waals surface area contributed by atoms with Gasteiger partial charge in [0, 0.05) is 10.0 Å². The lowest BCUT2D eigenvalue weighted by Gasteiger charge is -2.12. The van der Waals surface area contributed by atoms with Gasteiger partial charge in [-0.2, -0.15) is 0 Å². The van der Waals surface area contributed by atoms with Crippen molar-refractivity contribution in [3.05, 3.63) is 80.8 Å². The molecule has 0 bridgehead atoms. The van der Waals surface area contributed by atoms with Gasteiger partial charge in [0.15, 0.2) is 11.5 Å². The van der Waals surface area contributed by atoms with Gasteiger partial charge in [0.05, 0.1) is 17.2 Å². The molecule has 3 rings (SSSR count). The van der Waals surface area contributed by atoms with Crippen molar-refractivity contribution in [3.63, 3.8) is 0 Å². The fourth-order valence-electron chi connectivity index (χ4n) is 2.53. The summed E-state index contributed by atoms with van der Waals surface area (Å²) in [5, 5.41) is 0. The Labute approximate surface area is 174 Å². The maximum atomic E-state index is 12.2. The van der Waals surface area contributed by atoms with Crippen LogP contribution in [0.15, 0.2) is 69.6 Å². The van der Waals surface area contributed by atoms with E-state index in [1.54, 1.807) is 31.4 Å². The fourth-order valence-corrected chi connectivity index (χ4v) is 3.37. The van der Waals surface area contributed by atoms with Gasteiger partial charge in [-0.25, -0.2) is 4.79 Å². The Bertz CT molecular complexity index is 943. The zero-order valence-corrected chi connectivity index (χ0v) is 17.7. The summed E-state index contributed by atoms with van der Waals surface area (Å²) >= 11 is 6.88. The average Bonchev–Trinajstić information content (AvgIpc) is 3.01. The molecule has 0 radical (unpaired) electrons. The number of carbonyl (C=O) groups excluding carboxylic acids is 1. The van der Waals surface area contributed by atoms with Crippen molar-refractivity contribution in [2.45, 2.75) is 0 Å². The number of hydrogen-bond donors (Lipinski definition) is 0. The van der Waals surface area contributed by atoms with Gasteiger partial charge in [-0.3, -0.25) is 0 Å². The van der Waals surface area contributed by atoms with Gasteiger partial charge in [0.1, 0.15) is 12.4 Å². The first kappa shape index (κ1) is 19.5. The number of halogens is 2. The molecule has 0 fully saturated rings. The van der Waals surface area contributed by atoms with E-state index in [0.29, 0.717) is 29.4 Å². The monoisotopic (exact) mass is 490 g/mol. The maximum Gasteiger partial charge on any atom is 0.343 e. The van der Waals surface area contributed by atoms with Crippen LogP contribution in [0.25, 0.3) is 11.8 Å². The number of ether oxygens (including phenoxy) is 3. The molecule has 1 heterocycles. The molecule has 138 valence electrons. The van der Waals surface area contributed by atoms with Gasteiger partial charge < -0.3 is 14.2 Å². The molecule has 0 saturated carbocycles. The number of benzene rings is 2. The van der Waals surface area contributed by atoms with Crippen molar-refractivity contribution in [2.24, 2.45) is 0 Å². The molecule has 0 amide bonds. The molecular weight excluding hydrogens is 476 g/mol. The van der Waals surface area contributed by atoms with E-state index in [2.05, 4.69) is 38.4 Å². The molecule has 2 aromatic rings. The third-order valence-corrected chi connectivity index (χ3v) is 4.89. The lowest BCUT2D eigenvalue weighted by atomic mass is 10.1. The summed E-state index contributed by atoms with van der Waals surface area (Å²) in [6, 6.07) is 11.2. The molecule has 0 aliphatic carbocycles. The van der Waals surface area contributed by atoms with Crippen molar-refractivity contribution < 1.29 is 19.0 Å². The van der Waals surface area contributed by atoms with Gasteiger partial charge in [-0.1, -0.05) is 40.7 Å². The summed E-state index contributed by atoms with van der Waals surface area (Å²) < 4.78 is 18.1. The van der Waals surface area contributed by atoms with E-state index < -0.39 is 5.97 Å². The Morgan fingerprint density at radius 1 is 1.19 bits per heavy atom. The summed E-state index contributed by atoms with van der Waals surface area (Å²) in [5.74, 6) is 1.27. The van der Waals surface area contributed by atoms with E-state index in [4.69, 9.17) is 14.2 Å². The molecule has 1 aliphatic rings. The molecule has 4 nitrogen and oxygen atoms in total. The first-order chi connectivity index (χ1) is 13.0. The van der Waals surface area contributed by atoms with Gasteiger partial charge in [0.2, 0.25) is 0 Å². The number of esters is 1.